The summed E-state index contributed by atoms with van der Waals surface area (Å²) in [6.07, 6.45) is 62.2. The molecule has 0 saturated carbocycles. The van der Waals surface area contributed by atoms with Crippen LogP contribution in [0.1, 0.15) is 323 Å². The maximum Gasteiger partial charge on any atom is 0.472 e. The Kier molecular flexibility index (Phi) is 64.0. The molecular weight excluding hydrogens is 1210 g/mol. The average molecular weight is 1340 g/mol. The van der Waals surface area contributed by atoms with Crippen LogP contribution in [0.15, 0.2) is 60.8 Å². The van der Waals surface area contributed by atoms with Crippen molar-refractivity contribution in [2.45, 2.75) is 341 Å². The molecule has 0 amide bonds. The molecule has 0 aromatic rings. The summed E-state index contributed by atoms with van der Waals surface area (Å²) in [5, 5.41) is 10.6. The third-order valence-electron chi connectivity index (χ3n) is 15.5. The number of carbonyl (C=O) groups is 4. The molecule has 0 radical (unpaired) electrons. The van der Waals surface area contributed by atoms with Gasteiger partial charge in [-0.1, -0.05) is 275 Å². The van der Waals surface area contributed by atoms with Crippen LogP contribution in [0.25, 0.3) is 0 Å². The van der Waals surface area contributed by atoms with Crippen molar-refractivity contribution in [2.24, 2.45) is 0 Å². The van der Waals surface area contributed by atoms with Crippen molar-refractivity contribution in [3.8, 4) is 0 Å². The Labute approximate surface area is 559 Å². The lowest BCUT2D eigenvalue weighted by molar-refractivity contribution is -0.161. The quantitative estimate of drug-likeness (QED) is 0.0169. The van der Waals surface area contributed by atoms with E-state index in [0.29, 0.717) is 25.7 Å². The number of rotatable bonds is 69. The van der Waals surface area contributed by atoms with Crippen LogP contribution in [-0.4, -0.2) is 96.7 Å². The number of phosphoric acid groups is 2. The van der Waals surface area contributed by atoms with Gasteiger partial charge in [-0.2, -0.15) is 0 Å². The minimum Gasteiger partial charge on any atom is -0.462 e. The fourth-order valence-corrected chi connectivity index (χ4v) is 11.5. The van der Waals surface area contributed by atoms with Crippen molar-refractivity contribution in [2.75, 3.05) is 39.6 Å². The lowest BCUT2D eigenvalue weighted by Gasteiger charge is -2.21. The fraction of sp³-hybridized carbons (Fsp3) is 0.808. The molecule has 0 heterocycles. The van der Waals surface area contributed by atoms with Gasteiger partial charge in [0.2, 0.25) is 0 Å². The highest BCUT2D eigenvalue weighted by molar-refractivity contribution is 7.47. The Hall–Kier alpha value is -3.24. The molecule has 19 heteroatoms. The van der Waals surface area contributed by atoms with Crippen molar-refractivity contribution < 1.29 is 80.2 Å². The largest absolute Gasteiger partial charge is 0.472 e. The minimum atomic E-state index is -4.96. The normalized spacial score (nSPS) is 14.4. The van der Waals surface area contributed by atoms with E-state index in [1.54, 1.807) is 0 Å². The van der Waals surface area contributed by atoms with Gasteiger partial charge in [0.1, 0.15) is 19.3 Å². The molecule has 5 unspecified atom stereocenters. The molecule has 0 aliphatic rings. The summed E-state index contributed by atoms with van der Waals surface area (Å²) in [6, 6.07) is 0. The molecular formula is C73H132O17P2. The summed E-state index contributed by atoms with van der Waals surface area (Å²) < 4.78 is 68.3. The van der Waals surface area contributed by atoms with Crippen LogP contribution in [0.4, 0.5) is 0 Å². The van der Waals surface area contributed by atoms with Gasteiger partial charge in [-0.15, -0.1) is 0 Å². The standard InChI is InChI=1S/C73H132O17P2/c1-5-9-13-17-21-25-29-32-33-36-39-42-46-50-54-58-71(76)84-64-69(90-73(78)60-56-52-48-44-40-35-31-27-23-19-15-11-7-3)66-88-92(81,82)86-62-67(74)61-85-91(79,80)87-65-68(89-72(77)59-55-51-47-43-37-28-24-20-16-12-8-4)63-83-70(75)57-53-49-45-41-38-34-30-26-22-18-14-10-6-2/h9,13-14,18,21,25-26,30,32-33,67-69,74H,5-8,10-12,15-17,19-20,22-24,27-29,31,34-66H2,1-4H3,(H,79,80)(H,81,82)/b13-9-,18-14-,25-21-,30-26-,33-32-. The predicted molar refractivity (Wildman–Crippen MR) is 372 cm³/mol. The highest BCUT2D eigenvalue weighted by Gasteiger charge is 2.30. The van der Waals surface area contributed by atoms with E-state index in [1.165, 1.54) is 89.9 Å². The molecule has 0 aromatic carbocycles. The molecule has 0 rings (SSSR count). The van der Waals surface area contributed by atoms with E-state index in [9.17, 15) is 43.2 Å². The molecule has 92 heavy (non-hydrogen) atoms. The highest BCUT2D eigenvalue weighted by atomic mass is 31.2. The lowest BCUT2D eigenvalue weighted by Crippen LogP contribution is -2.30. The Morgan fingerprint density at radius 3 is 0.913 bits per heavy atom. The van der Waals surface area contributed by atoms with Gasteiger partial charge in [-0.05, 0) is 83.5 Å². The first-order chi connectivity index (χ1) is 44.7. The van der Waals surface area contributed by atoms with Crippen LogP contribution in [0.2, 0.25) is 0 Å². The zero-order valence-corrected chi connectivity index (χ0v) is 60.0. The average Bonchev–Trinajstić information content (AvgIpc) is 2.73. The molecule has 0 saturated heterocycles. The summed E-state index contributed by atoms with van der Waals surface area (Å²) in [4.78, 5) is 72.6. The zero-order valence-electron chi connectivity index (χ0n) is 58.2. The summed E-state index contributed by atoms with van der Waals surface area (Å²) in [5.74, 6) is -2.18. The molecule has 17 nitrogen and oxygen atoms in total. The molecule has 0 fully saturated rings. The third kappa shape index (κ3) is 65.4. The first-order valence-corrected chi connectivity index (χ1v) is 39.5. The van der Waals surface area contributed by atoms with E-state index in [-0.39, 0.29) is 25.7 Å². The molecule has 3 N–H and O–H groups in total. The van der Waals surface area contributed by atoms with Crippen molar-refractivity contribution in [1.29, 1.82) is 0 Å². The van der Waals surface area contributed by atoms with Crippen LogP contribution in [0.3, 0.4) is 0 Å². The van der Waals surface area contributed by atoms with E-state index in [0.717, 1.165) is 154 Å². The Morgan fingerprint density at radius 2 is 0.587 bits per heavy atom. The molecule has 0 spiro atoms. The molecule has 0 aromatic heterocycles. The van der Waals surface area contributed by atoms with Crippen LogP contribution < -0.4 is 0 Å². The number of hydrogen-bond donors (Lipinski definition) is 3. The van der Waals surface area contributed by atoms with E-state index in [4.69, 9.17) is 37.0 Å². The summed E-state index contributed by atoms with van der Waals surface area (Å²) >= 11 is 0. The summed E-state index contributed by atoms with van der Waals surface area (Å²) in [6.45, 7) is 4.69. The SMILES string of the molecule is CC/C=C\C/C=C\C/C=C\CCCCCCCC(=O)OCC(COP(=O)(O)OCC(O)COP(=O)(O)OCC(COC(=O)CCCCCCC/C=C\C/C=C\CCC)OC(=O)CCCCCCCCCCCCC)OC(=O)CCCCCCCCCCCCCCC. The van der Waals surface area contributed by atoms with Gasteiger partial charge in [0.15, 0.2) is 12.2 Å². The van der Waals surface area contributed by atoms with Crippen LogP contribution in [-0.2, 0) is 65.4 Å². The first-order valence-electron chi connectivity index (χ1n) is 36.5. The number of ether oxygens (including phenoxy) is 4. The first kappa shape index (κ1) is 88.8. The molecule has 0 aliphatic carbocycles. The predicted octanol–water partition coefficient (Wildman–Crippen LogP) is 20.3. The van der Waals surface area contributed by atoms with Gasteiger partial charge in [0, 0.05) is 25.7 Å². The Bertz CT molecular complexity index is 1990. The number of aliphatic hydroxyl groups is 1. The monoisotopic (exact) mass is 1340 g/mol. The zero-order chi connectivity index (χ0) is 67.5. The van der Waals surface area contributed by atoms with Crippen LogP contribution in [0, 0.1) is 0 Å². The second-order valence-electron chi connectivity index (χ2n) is 24.5. The van der Waals surface area contributed by atoms with E-state index in [2.05, 4.69) is 88.5 Å². The van der Waals surface area contributed by atoms with E-state index in [1.807, 2.05) is 0 Å². The fourth-order valence-electron chi connectivity index (χ4n) is 9.92. The molecule has 5 atom stereocenters. The molecule has 0 bridgehead atoms. The van der Waals surface area contributed by atoms with E-state index >= 15 is 0 Å². The van der Waals surface area contributed by atoms with Crippen molar-refractivity contribution in [1.82, 2.24) is 0 Å². The molecule has 536 valence electrons. The third-order valence-corrected chi connectivity index (χ3v) is 17.4. The van der Waals surface area contributed by atoms with Gasteiger partial charge in [0.25, 0.3) is 0 Å². The van der Waals surface area contributed by atoms with Crippen molar-refractivity contribution >= 4 is 39.5 Å². The Balaban J connectivity index is 5.31. The van der Waals surface area contributed by atoms with Crippen molar-refractivity contribution in [3.05, 3.63) is 60.8 Å². The van der Waals surface area contributed by atoms with Crippen LogP contribution >= 0.6 is 15.6 Å². The Morgan fingerprint density at radius 1 is 0.315 bits per heavy atom. The number of carbonyl (C=O) groups excluding carboxylic acids is 4. The maximum absolute atomic E-state index is 13.0. The van der Waals surface area contributed by atoms with Crippen molar-refractivity contribution in [3.63, 3.8) is 0 Å². The number of phosphoric ester groups is 2. The second-order valence-corrected chi connectivity index (χ2v) is 27.4. The van der Waals surface area contributed by atoms with Gasteiger partial charge >= 0.3 is 39.5 Å². The summed E-state index contributed by atoms with van der Waals surface area (Å²) in [5.41, 5.74) is 0. The number of esters is 4. The second kappa shape index (κ2) is 66.4. The topological polar surface area (TPSA) is 237 Å². The minimum absolute atomic E-state index is 0.0970. The van der Waals surface area contributed by atoms with E-state index < -0.39 is 97.5 Å². The smallest absolute Gasteiger partial charge is 0.462 e. The number of hydrogen-bond acceptors (Lipinski definition) is 15. The molecule has 0 aliphatic heterocycles. The van der Waals surface area contributed by atoms with Crippen LogP contribution in [0.5, 0.6) is 0 Å². The number of allylic oxidation sites excluding steroid dienone is 10. The lowest BCUT2D eigenvalue weighted by atomic mass is 10.0. The van der Waals surface area contributed by atoms with Gasteiger partial charge in [0.05, 0.1) is 26.4 Å². The highest BCUT2D eigenvalue weighted by Crippen LogP contribution is 2.45. The maximum atomic E-state index is 13.0. The number of aliphatic hydroxyl groups excluding tert-OH is 1. The summed E-state index contributed by atoms with van der Waals surface area (Å²) in [7, 11) is -9.93. The number of unbranched alkanes of at least 4 members (excludes halogenated alkanes) is 33. The van der Waals surface area contributed by atoms with Gasteiger partial charge in [-0.25, -0.2) is 9.13 Å². The van der Waals surface area contributed by atoms with Gasteiger partial charge < -0.3 is 33.8 Å². The van der Waals surface area contributed by atoms with Gasteiger partial charge in [-0.3, -0.25) is 37.3 Å².